The summed E-state index contributed by atoms with van der Waals surface area (Å²) in [5.41, 5.74) is 2.98. The Hall–Kier alpha value is -2.24. The van der Waals surface area contributed by atoms with Crippen LogP contribution >= 0.6 is 0 Å². The minimum atomic E-state index is -2.74. The number of rotatable bonds is 5. The van der Waals surface area contributed by atoms with E-state index in [2.05, 4.69) is 33.2 Å². The predicted octanol–water partition coefficient (Wildman–Crippen LogP) is 1.74. The number of anilines is 1. The molecule has 0 bridgehead atoms. The second kappa shape index (κ2) is 7.64. The number of sulfone groups is 1. The minimum absolute atomic E-state index is 0.312. The van der Waals surface area contributed by atoms with Crippen LogP contribution in [-0.2, 0) is 9.84 Å². The maximum absolute atomic E-state index is 11.3. The molecule has 0 amide bonds. The molecule has 0 radical (unpaired) electrons. The first-order valence-electron chi connectivity index (χ1n) is 9.78. The van der Waals surface area contributed by atoms with Crippen molar-refractivity contribution >= 4 is 26.6 Å². The van der Waals surface area contributed by atoms with Gasteiger partial charge in [-0.15, -0.1) is 0 Å². The molecule has 4 rings (SSSR count). The summed E-state index contributed by atoms with van der Waals surface area (Å²) < 4.78 is 22.6. The zero-order valence-electron chi connectivity index (χ0n) is 16.0. The normalized spacial score (nSPS) is 24.6. The number of nitrogens with one attached hydrogen (secondary N) is 1. The summed E-state index contributed by atoms with van der Waals surface area (Å²) in [6.07, 6.45) is 5.30. The van der Waals surface area contributed by atoms with Gasteiger partial charge in [0.15, 0.2) is 9.84 Å². The van der Waals surface area contributed by atoms with Gasteiger partial charge in [0.2, 0.25) is 0 Å². The van der Waals surface area contributed by atoms with Gasteiger partial charge in [-0.25, -0.2) is 8.42 Å². The number of fused-ring (bicyclic) bond motifs is 1. The van der Waals surface area contributed by atoms with Crippen molar-refractivity contribution in [2.75, 3.05) is 36.0 Å². The van der Waals surface area contributed by atoms with E-state index >= 15 is 0 Å². The quantitative estimate of drug-likeness (QED) is 0.817. The third kappa shape index (κ3) is 3.96. The molecule has 1 N–H and O–H groups in total. The van der Waals surface area contributed by atoms with E-state index in [0.717, 1.165) is 43.7 Å². The molecule has 2 saturated heterocycles. The number of hydrogen-bond acceptors (Lipinski definition) is 7. The first-order valence-corrected chi connectivity index (χ1v) is 11.6. The maximum atomic E-state index is 11.3. The first kappa shape index (κ1) is 19.1. The van der Waals surface area contributed by atoms with Gasteiger partial charge in [-0.3, -0.25) is 9.97 Å². The monoisotopic (exact) mass is 399 g/mol. The molecule has 2 aliphatic heterocycles. The fraction of sp³-hybridized carbons (Fsp3) is 0.550. The van der Waals surface area contributed by atoms with Crippen LogP contribution in [0, 0.1) is 23.2 Å². The van der Waals surface area contributed by atoms with Crippen LogP contribution in [0.2, 0.25) is 0 Å². The van der Waals surface area contributed by atoms with Crippen LogP contribution < -0.4 is 10.2 Å². The van der Waals surface area contributed by atoms with E-state index in [1.807, 2.05) is 12.1 Å². The molecule has 8 heteroatoms. The van der Waals surface area contributed by atoms with Crippen molar-refractivity contribution in [3.05, 3.63) is 30.1 Å². The number of benzene rings is 1. The standard InChI is InChI=1S/C20H25N5O2S/c1-14-8-17(22-5-4-15-12-28(26,27)13-15)11-25(10-14)18-3-2-16(9-21)19-20(18)24-7-6-23-19/h2-3,6-7,14-15,17,22H,4-5,8,10-13H2,1H3/t14-,17+/m0/s1. The average Bonchev–Trinajstić information content (AvgIpc) is 2.65. The molecule has 148 valence electrons. The zero-order chi connectivity index (χ0) is 19.7. The third-order valence-corrected chi connectivity index (χ3v) is 7.65. The van der Waals surface area contributed by atoms with Crippen LogP contribution in [0.3, 0.4) is 0 Å². The highest BCUT2D eigenvalue weighted by atomic mass is 32.2. The number of nitriles is 1. The van der Waals surface area contributed by atoms with Crippen LogP contribution in [0.15, 0.2) is 24.5 Å². The van der Waals surface area contributed by atoms with Gasteiger partial charge < -0.3 is 10.2 Å². The van der Waals surface area contributed by atoms with Crippen LogP contribution in [0.1, 0.15) is 25.3 Å². The largest absolute Gasteiger partial charge is 0.368 e. The molecule has 0 aliphatic carbocycles. The van der Waals surface area contributed by atoms with Crippen LogP contribution in [0.5, 0.6) is 0 Å². The summed E-state index contributed by atoms with van der Waals surface area (Å²) in [6.45, 7) is 4.90. The molecule has 1 aromatic carbocycles. The van der Waals surface area contributed by atoms with E-state index in [-0.39, 0.29) is 0 Å². The summed E-state index contributed by atoms with van der Waals surface area (Å²) in [5, 5.41) is 13.0. The van der Waals surface area contributed by atoms with Gasteiger partial charge in [0, 0.05) is 31.5 Å². The highest BCUT2D eigenvalue weighted by Crippen LogP contribution is 2.30. The molecule has 3 heterocycles. The Balaban J connectivity index is 1.45. The van der Waals surface area contributed by atoms with Crippen molar-refractivity contribution in [3.63, 3.8) is 0 Å². The molecule has 7 nitrogen and oxygen atoms in total. The smallest absolute Gasteiger partial charge is 0.150 e. The van der Waals surface area contributed by atoms with Gasteiger partial charge in [0.1, 0.15) is 17.1 Å². The summed E-state index contributed by atoms with van der Waals surface area (Å²) in [6, 6.07) is 6.35. The summed E-state index contributed by atoms with van der Waals surface area (Å²) >= 11 is 0. The molecule has 2 fully saturated rings. The van der Waals surface area contributed by atoms with Crippen molar-refractivity contribution in [2.24, 2.45) is 11.8 Å². The van der Waals surface area contributed by atoms with E-state index in [1.165, 1.54) is 0 Å². The summed E-state index contributed by atoms with van der Waals surface area (Å²) in [7, 11) is -2.74. The van der Waals surface area contributed by atoms with Crippen molar-refractivity contribution in [3.8, 4) is 6.07 Å². The van der Waals surface area contributed by atoms with Crippen molar-refractivity contribution in [2.45, 2.75) is 25.8 Å². The number of piperidine rings is 1. The van der Waals surface area contributed by atoms with E-state index in [9.17, 15) is 13.7 Å². The van der Waals surface area contributed by atoms with Crippen molar-refractivity contribution < 1.29 is 8.42 Å². The number of hydrogen-bond donors (Lipinski definition) is 1. The van der Waals surface area contributed by atoms with Gasteiger partial charge in [-0.2, -0.15) is 5.26 Å². The molecule has 2 aliphatic rings. The van der Waals surface area contributed by atoms with E-state index < -0.39 is 9.84 Å². The lowest BCUT2D eigenvalue weighted by molar-refractivity contribution is 0.342. The Morgan fingerprint density at radius 2 is 1.96 bits per heavy atom. The Kier molecular flexibility index (Phi) is 5.21. The van der Waals surface area contributed by atoms with Crippen LogP contribution in [0.4, 0.5) is 5.69 Å². The van der Waals surface area contributed by atoms with Gasteiger partial charge >= 0.3 is 0 Å². The predicted molar refractivity (Wildman–Crippen MR) is 109 cm³/mol. The maximum Gasteiger partial charge on any atom is 0.150 e. The fourth-order valence-electron chi connectivity index (χ4n) is 4.41. The van der Waals surface area contributed by atoms with E-state index in [0.29, 0.717) is 40.5 Å². The highest BCUT2D eigenvalue weighted by Gasteiger charge is 2.33. The molecule has 1 aromatic heterocycles. The van der Waals surface area contributed by atoms with E-state index in [4.69, 9.17) is 0 Å². The zero-order valence-corrected chi connectivity index (χ0v) is 16.8. The van der Waals surface area contributed by atoms with Crippen LogP contribution in [-0.4, -0.2) is 55.6 Å². The van der Waals surface area contributed by atoms with Gasteiger partial charge in [-0.05, 0) is 43.4 Å². The summed E-state index contributed by atoms with van der Waals surface area (Å²) in [4.78, 5) is 11.2. The second-order valence-electron chi connectivity index (χ2n) is 8.13. The summed E-state index contributed by atoms with van der Waals surface area (Å²) in [5.74, 6) is 1.53. The minimum Gasteiger partial charge on any atom is -0.368 e. The molecular weight excluding hydrogens is 374 g/mol. The molecule has 0 spiro atoms. The van der Waals surface area contributed by atoms with Gasteiger partial charge in [-0.1, -0.05) is 6.92 Å². The lowest BCUT2D eigenvalue weighted by atomic mass is 9.94. The first-order chi connectivity index (χ1) is 13.4. The molecule has 2 aromatic rings. The molecule has 0 saturated carbocycles. The SMILES string of the molecule is C[C@H]1C[C@@H](NCCC2CS(=O)(=O)C2)CN(c2ccc(C#N)c3nccnc23)C1. The molecule has 2 atom stereocenters. The highest BCUT2D eigenvalue weighted by molar-refractivity contribution is 7.92. The molecule has 0 unspecified atom stereocenters. The second-order valence-corrected chi connectivity index (χ2v) is 10.3. The van der Waals surface area contributed by atoms with Gasteiger partial charge in [0.25, 0.3) is 0 Å². The third-order valence-electron chi connectivity index (χ3n) is 5.69. The molecule has 28 heavy (non-hydrogen) atoms. The average molecular weight is 400 g/mol. The topological polar surface area (TPSA) is 99.0 Å². The lowest BCUT2D eigenvalue weighted by Gasteiger charge is -2.39. The number of nitrogens with zero attached hydrogens (tertiary/aromatic N) is 4. The number of aromatic nitrogens is 2. The fourth-order valence-corrected chi connectivity index (χ4v) is 6.08. The van der Waals surface area contributed by atoms with Crippen molar-refractivity contribution in [1.82, 2.24) is 15.3 Å². The Morgan fingerprint density at radius 3 is 2.68 bits per heavy atom. The Bertz CT molecular complexity index is 1000. The van der Waals surface area contributed by atoms with E-state index in [1.54, 1.807) is 12.4 Å². The lowest BCUT2D eigenvalue weighted by Crippen LogP contribution is -2.49. The van der Waals surface area contributed by atoms with Gasteiger partial charge in [0.05, 0.1) is 22.8 Å². The Labute approximate surface area is 165 Å². The molecular formula is C20H25N5O2S. The van der Waals surface area contributed by atoms with Crippen molar-refractivity contribution in [1.29, 1.82) is 5.26 Å². The Morgan fingerprint density at radius 1 is 1.21 bits per heavy atom. The van der Waals surface area contributed by atoms with Crippen LogP contribution in [0.25, 0.3) is 11.0 Å².